The number of halogens is 2. The van der Waals surface area contributed by atoms with E-state index in [9.17, 15) is 16.8 Å². The average molecular weight is 1170 g/mol. The lowest BCUT2D eigenvalue weighted by Gasteiger charge is -2.13. The Kier molecular flexibility index (Phi) is 19.5. The average Bonchev–Trinajstić information content (AvgIpc) is 3.20. The van der Waals surface area contributed by atoms with Crippen molar-refractivity contribution in [3.8, 4) is 5.40 Å². The Balaban J connectivity index is 0.000000233. The Bertz CT molecular complexity index is 2760. The van der Waals surface area contributed by atoms with Gasteiger partial charge in [-0.15, -0.1) is 0 Å². The van der Waals surface area contributed by atoms with Gasteiger partial charge in [0, 0.05) is 51.8 Å². The van der Waals surface area contributed by atoms with Crippen LogP contribution in [0.3, 0.4) is 0 Å². The molecule has 0 radical (unpaired) electrons. The van der Waals surface area contributed by atoms with Gasteiger partial charge in [0.2, 0.25) is 20.0 Å². The van der Waals surface area contributed by atoms with E-state index in [0.717, 1.165) is 34.8 Å². The third kappa shape index (κ3) is 18.3. The van der Waals surface area contributed by atoms with Gasteiger partial charge in [0.25, 0.3) is 0 Å². The van der Waals surface area contributed by atoms with Crippen LogP contribution in [0.4, 0.5) is 39.8 Å². The van der Waals surface area contributed by atoms with E-state index in [1.165, 1.54) is 36.0 Å². The normalized spacial score (nSPS) is 10.5. The second-order valence-electron chi connectivity index (χ2n) is 12.2. The first-order valence-corrected chi connectivity index (χ1v) is 24.7. The van der Waals surface area contributed by atoms with Crippen molar-refractivity contribution in [1.29, 1.82) is 5.26 Å². The highest BCUT2D eigenvalue weighted by atomic mass is 127. The minimum absolute atomic E-state index is 0.0365. The smallest absolute Gasteiger partial charge is 0.238 e. The third-order valence-corrected chi connectivity index (χ3v) is 11.9. The fourth-order valence-corrected chi connectivity index (χ4v) is 8.16. The molecule has 320 valence electrons. The molecular formula is C40H36I2N10O4S6. The molecule has 0 fully saturated rings. The lowest BCUT2D eigenvalue weighted by atomic mass is 10.3. The van der Waals surface area contributed by atoms with E-state index in [2.05, 4.69) is 77.1 Å². The molecule has 6 aromatic rings. The van der Waals surface area contributed by atoms with E-state index in [0.29, 0.717) is 32.4 Å². The maximum Gasteiger partial charge on any atom is 0.238 e. The fraction of sp³-hybridized carbons (Fsp3) is 0. The predicted molar refractivity (Wildman–Crippen MR) is 282 cm³/mol. The number of rotatable bonds is 9. The molecule has 0 spiro atoms. The minimum Gasteiger partial charge on any atom is -0.399 e. The maximum atomic E-state index is 11.3. The van der Waals surface area contributed by atoms with E-state index >= 15 is 0 Å². The van der Waals surface area contributed by atoms with Gasteiger partial charge in [-0.1, -0.05) is 12.1 Å². The maximum absolute atomic E-state index is 11.3. The highest BCUT2D eigenvalue weighted by molar-refractivity contribution is 14.1. The fourth-order valence-electron chi connectivity index (χ4n) is 4.69. The van der Waals surface area contributed by atoms with E-state index in [4.69, 9.17) is 57.9 Å². The number of benzene rings is 6. The molecule has 0 aliphatic rings. The van der Waals surface area contributed by atoms with Gasteiger partial charge in [-0.25, -0.2) is 27.1 Å². The van der Waals surface area contributed by atoms with Crippen molar-refractivity contribution in [2.24, 2.45) is 10.3 Å². The lowest BCUT2D eigenvalue weighted by Crippen LogP contribution is -2.20. The minimum atomic E-state index is -3.73. The van der Waals surface area contributed by atoms with Crippen LogP contribution in [0.25, 0.3) is 0 Å². The van der Waals surface area contributed by atoms with Crippen LogP contribution in [0.15, 0.2) is 160 Å². The first-order chi connectivity index (χ1) is 29.4. The molecule has 0 heterocycles. The Labute approximate surface area is 407 Å². The quantitative estimate of drug-likeness (QED) is 0.0215. The van der Waals surface area contributed by atoms with Crippen LogP contribution < -0.4 is 47.9 Å². The summed E-state index contributed by atoms with van der Waals surface area (Å²) in [5.41, 5.74) is 10.9. The highest BCUT2D eigenvalue weighted by Crippen LogP contribution is 2.20. The Morgan fingerprint density at radius 3 is 1.16 bits per heavy atom. The number of anilines is 7. The Morgan fingerprint density at radius 1 is 0.500 bits per heavy atom. The summed E-state index contributed by atoms with van der Waals surface area (Å²) >= 11 is 21.5. The Morgan fingerprint density at radius 2 is 0.823 bits per heavy atom. The summed E-state index contributed by atoms with van der Waals surface area (Å²) in [5.74, 6) is 0. The van der Waals surface area contributed by atoms with Crippen LogP contribution in [-0.4, -0.2) is 32.2 Å². The molecule has 14 nitrogen and oxygen atoms in total. The van der Waals surface area contributed by atoms with Crippen molar-refractivity contribution in [2.75, 3.05) is 37.6 Å². The van der Waals surface area contributed by atoms with E-state index in [1.807, 2.05) is 78.2 Å². The Hall–Kier alpha value is -4.69. The van der Waals surface area contributed by atoms with Crippen molar-refractivity contribution < 1.29 is 16.8 Å². The predicted octanol–water partition coefficient (Wildman–Crippen LogP) is 9.15. The standard InChI is InChI=1S/C20H18IN5O2S3.C13H14N4O2S2.C7H4INS/c21-13-2-1-3-17(12-13)26-20(30)24-15-6-4-14(5-7-15)23-19(29)25-16-8-10-18(11-9-16)31(22,27)28;14-9-1-3-10(4-2-9)16-13(20)17-11-5-7-12(8-6-11)21(15,18)19;8-6-2-1-3-7(4-6)10-5-9/h1-12H,(H2,22,27,28)(H2,23,25,29)(H2,24,26,30);1-8H,14H2,(H2,15,18,19)(H2,16,17,20);1-4H. The van der Waals surface area contributed by atoms with Crippen LogP contribution in [0.5, 0.6) is 0 Å². The number of thiocyanates is 1. The zero-order valence-corrected chi connectivity index (χ0v) is 41.1. The molecule has 62 heavy (non-hydrogen) atoms. The zero-order valence-electron chi connectivity index (χ0n) is 31.9. The van der Waals surface area contributed by atoms with E-state index < -0.39 is 20.0 Å². The molecule has 0 aliphatic carbocycles. The number of hydrogen-bond donors (Lipinski definition) is 9. The van der Waals surface area contributed by atoms with Gasteiger partial charge in [0.05, 0.1) is 9.79 Å². The van der Waals surface area contributed by atoms with Gasteiger partial charge < -0.3 is 37.6 Å². The summed E-state index contributed by atoms with van der Waals surface area (Å²) < 4.78 is 47.2. The SMILES string of the molecule is N#CSc1cccc(I)c1.NS(=O)(=O)c1ccc(NC(=S)Nc2ccc(NC(=S)Nc3cccc(I)c3)cc2)cc1.Nc1ccc(NC(=S)Nc2ccc(S(N)(=O)=O)cc2)cc1. The first kappa shape index (κ1) is 50.0. The van der Waals surface area contributed by atoms with Crippen molar-refractivity contribution in [2.45, 2.75) is 14.7 Å². The molecule has 6 aromatic carbocycles. The summed E-state index contributed by atoms with van der Waals surface area (Å²) in [6.45, 7) is 0. The van der Waals surface area contributed by atoms with Crippen molar-refractivity contribution in [3.63, 3.8) is 0 Å². The van der Waals surface area contributed by atoms with E-state index in [1.54, 1.807) is 48.5 Å². The van der Waals surface area contributed by atoms with Crippen LogP contribution in [0.1, 0.15) is 0 Å². The first-order valence-electron chi connectivity index (χ1n) is 17.4. The zero-order chi connectivity index (χ0) is 45.3. The molecule has 22 heteroatoms. The number of nitrogens with two attached hydrogens (primary N) is 3. The van der Waals surface area contributed by atoms with Crippen molar-refractivity contribution in [1.82, 2.24) is 0 Å². The number of nitrogen functional groups attached to an aromatic ring is 1. The lowest BCUT2D eigenvalue weighted by molar-refractivity contribution is 0.596. The molecule has 0 saturated heterocycles. The number of nitrogens with zero attached hydrogens (tertiary/aromatic N) is 1. The van der Waals surface area contributed by atoms with Crippen LogP contribution >= 0.6 is 93.6 Å². The summed E-state index contributed by atoms with van der Waals surface area (Å²) in [7, 11) is -7.41. The molecule has 6 rings (SSSR count). The van der Waals surface area contributed by atoms with Crippen molar-refractivity contribution >= 4 is 169 Å². The molecule has 0 unspecified atom stereocenters. The largest absolute Gasteiger partial charge is 0.399 e. The molecule has 12 N–H and O–H groups in total. The summed E-state index contributed by atoms with van der Waals surface area (Å²) in [5, 5.41) is 39.9. The van der Waals surface area contributed by atoms with Crippen LogP contribution in [-0.2, 0) is 20.0 Å². The number of nitriles is 1. The number of hydrogen-bond acceptors (Lipinski definition) is 10. The van der Waals surface area contributed by atoms with Crippen LogP contribution in [0, 0.1) is 17.8 Å². The summed E-state index contributed by atoms with van der Waals surface area (Å²) in [4.78, 5) is 1.09. The second kappa shape index (κ2) is 24.2. The summed E-state index contributed by atoms with van der Waals surface area (Å²) in [6, 6.07) is 42.3. The van der Waals surface area contributed by atoms with E-state index in [-0.39, 0.29) is 9.79 Å². The van der Waals surface area contributed by atoms with Gasteiger partial charge in [-0.3, -0.25) is 0 Å². The van der Waals surface area contributed by atoms with Crippen LogP contribution in [0.2, 0.25) is 0 Å². The van der Waals surface area contributed by atoms with Gasteiger partial charge >= 0.3 is 0 Å². The highest BCUT2D eigenvalue weighted by Gasteiger charge is 2.09. The second-order valence-corrected chi connectivity index (χ2v) is 19.9. The molecule has 0 amide bonds. The monoisotopic (exact) mass is 1170 g/mol. The molecule has 0 bridgehead atoms. The van der Waals surface area contributed by atoms with Crippen molar-refractivity contribution in [3.05, 3.63) is 153 Å². The molecule has 0 atom stereocenters. The number of nitrogens with one attached hydrogen (secondary N) is 6. The molecular weight excluding hydrogens is 1130 g/mol. The number of thioether (sulfide) groups is 1. The summed E-state index contributed by atoms with van der Waals surface area (Å²) in [6.07, 6.45) is 0. The number of primary sulfonamides is 2. The molecule has 0 aromatic heterocycles. The third-order valence-electron chi connectivity index (χ3n) is 7.49. The number of thiocarbonyl (C=S) groups is 3. The number of sulfonamides is 2. The molecule has 0 aliphatic heterocycles. The van der Waals surface area contributed by atoms with Gasteiger partial charge in [0.15, 0.2) is 15.3 Å². The van der Waals surface area contributed by atoms with Gasteiger partial charge in [-0.05, 0) is 227 Å². The topological polar surface area (TPSA) is 242 Å². The molecule has 0 saturated carbocycles. The van der Waals surface area contributed by atoms with Gasteiger partial charge in [-0.2, -0.15) is 5.26 Å². The van der Waals surface area contributed by atoms with Gasteiger partial charge in [0.1, 0.15) is 5.40 Å².